The molecule has 0 fully saturated rings. The molecule has 1 heterocycles. The van der Waals surface area contributed by atoms with E-state index in [9.17, 15) is 9.59 Å². The first-order chi connectivity index (χ1) is 12.8. The Bertz CT molecular complexity index is 771. The molecular weight excluding hydrogens is 348 g/mol. The third-order valence-electron chi connectivity index (χ3n) is 3.23. The lowest BCUT2D eigenvalue weighted by Crippen LogP contribution is -2.37. The highest BCUT2D eigenvalue weighted by molar-refractivity contribution is 5.92. The van der Waals surface area contributed by atoms with Gasteiger partial charge in [0.1, 0.15) is 12.2 Å². The van der Waals surface area contributed by atoms with Gasteiger partial charge in [0.2, 0.25) is 0 Å². The summed E-state index contributed by atoms with van der Waals surface area (Å²) in [6.07, 6.45) is 2.07. The molecule has 0 saturated heterocycles. The lowest BCUT2D eigenvalue weighted by Gasteiger charge is -2.26. The molecule has 144 valence electrons. The predicted octanol–water partition coefficient (Wildman–Crippen LogP) is 4.13. The Labute approximate surface area is 158 Å². The predicted molar refractivity (Wildman–Crippen MR) is 100 cm³/mol. The van der Waals surface area contributed by atoms with E-state index in [1.54, 1.807) is 27.7 Å². The fourth-order valence-electron chi connectivity index (χ4n) is 2.11. The lowest BCUT2D eigenvalue weighted by molar-refractivity contribution is 0.0189. The Kier molecular flexibility index (Phi) is 6.90. The monoisotopic (exact) mass is 372 g/mol. The molecule has 0 unspecified atom stereocenters. The van der Waals surface area contributed by atoms with Crippen molar-refractivity contribution in [3.63, 3.8) is 0 Å². The number of nitrogens with zero attached hydrogens (tertiary/aromatic N) is 2. The fraction of sp³-hybridized carbons (Fsp3) is 0.350. The van der Waals surface area contributed by atoms with Crippen LogP contribution in [-0.4, -0.2) is 29.3 Å². The number of amides is 1. The number of esters is 1. The quantitative estimate of drug-likeness (QED) is 0.560. The Morgan fingerprint density at radius 3 is 2.44 bits per heavy atom. The third kappa shape index (κ3) is 6.38. The van der Waals surface area contributed by atoms with Gasteiger partial charge in [0, 0.05) is 6.20 Å². The summed E-state index contributed by atoms with van der Waals surface area (Å²) in [5.41, 5.74) is 0.648. The average Bonchev–Trinajstić information content (AvgIpc) is 2.62. The van der Waals surface area contributed by atoms with Crippen molar-refractivity contribution in [1.82, 2.24) is 4.98 Å². The van der Waals surface area contributed by atoms with Gasteiger partial charge in [0.05, 0.1) is 24.1 Å². The average molecular weight is 372 g/mol. The van der Waals surface area contributed by atoms with Gasteiger partial charge in [-0.1, -0.05) is 30.3 Å². The molecule has 1 aromatic heterocycles. The molecule has 0 aliphatic rings. The van der Waals surface area contributed by atoms with E-state index in [4.69, 9.17) is 14.3 Å². The van der Waals surface area contributed by atoms with Gasteiger partial charge in [-0.3, -0.25) is 9.82 Å². The van der Waals surface area contributed by atoms with Gasteiger partial charge in [-0.2, -0.15) is 5.06 Å². The summed E-state index contributed by atoms with van der Waals surface area (Å²) in [5, 5.41) is 0.994. The van der Waals surface area contributed by atoms with Crippen molar-refractivity contribution >= 4 is 17.7 Å². The van der Waals surface area contributed by atoms with Crippen LogP contribution in [0, 0.1) is 0 Å². The minimum Gasteiger partial charge on any atom is -0.462 e. The Hall–Kier alpha value is -2.93. The van der Waals surface area contributed by atoms with Crippen LogP contribution in [0.25, 0.3) is 0 Å². The number of benzene rings is 1. The molecule has 1 amide bonds. The highest BCUT2D eigenvalue weighted by Gasteiger charge is 2.25. The second kappa shape index (κ2) is 9.14. The summed E-state index contributed by atoms with van der Waals surface area (Å²) in [5.74, 6) is -0.529. The Morgan fingerprint density at radius 2 is 1.81 bits per heavy atom. The lowest BCUT2D eigenvalue weighted by atomic mass is 10.2. The van der Waals surface area contributed by atoms with Crippen molar-refractivity contribution < 1.29 is 23.9 Å². The summed E-state index contributed by atoms with van der Waals surface area (Å²) >= 11 is 0. The Morgan fingerprint density at radius 1 is 1.11 bits per heavy atom. The maximum Gasteiger partial charge on any atom is 0.439 e. The third-order valence-corrected chi connectivity index (χ3v) is 3.23. The maximum absolute atomic E-state index is 12.6. The second-order valence-electron chi connectivity index (χ2n) is 6.69. The maximum atomic E-state index is 12.6. The SMILES string of the molecule is CCOC(=O)c1cncc(N(OCc2ccccc2)C(=O)OC(C)(C)C)c1. The van der Waals surface area contributed by atoms with Crippen molar-refractivity contribution in [3.8, 4) is 0 Å². The van der Waals surface area contributed by atoms with Gasteiger partial charge in [0.15, 0.2) is 0 Å². The fourth-order valence-corrected chi connectivity index (χ4v) is 2.11. The summed E-state index contributed by atoms with van der Waals surface area (Å²) in [4.78, 5) is 34.3. The Balaban J connectivity index is 2.26. The van der Waals surface area contributed by atoms with Crippen LogP contribution in [0.1, 0.15) is 43.6 Å². The molecule has 0 saturated carbocycles. The summed E-state index contributed by atoms with van der Waals surface area (Å²) in [6, 6.07) is 10.9. The van der Waals surface area contributed by atoms with Crippen LogP contribution in [0.3, 0.4) is 0 Å². The molecule has 0 bridgehead atoms. The molecule has 0 radical (unpaired) electrons. The van der Waals surface area contributed by atoms with Crippen LogP contribution in [0.5, 0.6) is 0 Å². The normalized spacial score (nSPS) is 11.0. The van der Waals surface area contributed by atoms with E-state index >= 15 is 0 Å². The van der Waals surface area contributed by atoms with E-state index in [1.165, 1.54) is 18.5 Å². The van der Waals surface area contributed by atoms with Gasteiger partial charge in [0.25, 0.3) is 0 Å². The van der Waals surface area contributed by atoms with Crippen molar-refractivity contribution in [1.29, 1.82) is 0 Å². The van der Waals surface area contributed by atoms with Crippen molar-refractivity contribution in [2.24, 2.45) is 0 Å². The summed E-state index contributed by atoms with van der Waals surface area (Å²) in [6.45, 7) is 7.37. The summed E-state index contributed by atoms with van der Waals surface area (Å²) < 4.78 is 10.4. The van der Waals surface area contributed by atoms with Crippen LogP contribution in [-0.2, 0) is 20.9 Å². The smallest absolute Gasteiger partial charge is 0.439 e. The van der Waals surface area contributed by atoms with E-state index in [0.717, 1.165) is 10.6 Å². The largest absolute Gasteiger partial charge is 0.462 e. The first-order valence-electron chi connectivity index (χ1n) is 8.62. The minimum absolute atomic E-state index is 0.143. The minimum atomic E-state index is -0.711. The number of hydrogen-bond acceptors (Lipinski definition) is 6. The van der Waals surface area contributed by atoms with E-state index in [1.807, 2.05) is 30.3 Å². The number of rotatable bonds is 6. The standard InChI is InChI=1S/C20H24N2O5/c1-5-25-18(23)16-11-17(13-21-12-16)22(19(24)27-20(2,3)4)26-14-15-9-7-6-8-10-15/h6-13H,5,14H2,1-4H3. The van der Waals surface area contributed by atoms with Crippen molar-refractivity contribution in [2.75, 3.05) is 11.7 Å². The molecule has 0 aliphatic heterocycles. The number of hydroxylamine groups is 1. The van der Waals surface area contributed by atoms with Gasteiger partial charge in [-0.25, -0.2) is 9.59 Å². The van der Waals surface area contributed by atoms with Gasteiger partial charge >= 0.3 is 12.1 Å². The second-order valence-corrected chi connectivity index (χ2v) is 6.69. The number of pyridine rings is 1. The zero-order valence-corrected chi connectivity index (χ0v) is 16.0. The van der Waals surface area contributed by atoms with E-state index in [2.05, 4.69) is 4.98 Å². The van der Waals surface area contributed by atoms with Crippen LogP contribution in [0.15, 0.2) is 48.8 Å². The number of hydrogen-bond donors (Lipinski definition) is 0. The molecule has 27 heavy (non-hydrogen) atoms. The van der Waals surface area contributed by atoms with E-state index < -0.39 is 17.7 Å². The number of anilines is 1. The zero-order valence-electron chi connectivity index (χ0n) is 16.0. The first-order valence-corrected chi connectivity index (χ1v) is 8.62. The zero-order chi connectivity index (χ0) is 19.9. The van der Waals surface area contributed by atoms with Crippen LogP contribution < -0.4 is 5.06 Å². The molecule has 0 atom stereocenters. The molecule has 7 nitrogen and oxygen atoms in total. The number of carbonyl (C=O) groups excluding carboxylic acids is 2. The molecular formula is C20H24N2O5. The molecule has 1 aromatic carbocycles. The number of ether oxygens (including phenoxy) is 2. The van der Waals surface area contributed by atoms with Crippen LogP contribution in [0.4, 0.5) is 10.5 Å². The van der Waals surface area contributed by atoms with Gasteiger partial charge < -0.3 is 9.47 Å². The van der Waals surface area contributed by atoms with Crippen molar-refractivity contribution in [2.45, 2.75) is 39.9 Å². The van der Waals surface area contributed by atoms with E-state index in [0.29, 0.717) is 0 Å². The first kappa shape index (κ1) is 20.4. The number of carbonyl (C=O) groups is 2. The molecule has 0 N–H and O–H groups in total. The molecule has 0 aliphatic carbocycles. The van der Waals surface area contributed by atoms with Gasteiger partial charge in [-0.15, -0.1) is 0 Å². The molecule has 7 heteroatoms. The van der Waals surface area contributed by atoms with Crippen LogP contribution in [0.2, 0.25) is 0 Å². The van der Waals surface area contributed by atoms with Crippen LogP contribution >= 0.6 is 0 Å². The highest BCUT2D eigenvalue weighted by atomic mass is 16.7. The van der Waals surface area contributed by atoms with E-state index in [-0.39, 0.29) is 24.5 Å². The summed E-state index contributed by atoms with van der Waals surface area (Å²) in [7, 11) is 0. The molecule has 0 spiro atoms. The number of aromatic nitrogens is 1. The molecule has 2 aromatic rings. The topological polar surface area (TPSA) is 78.0 Å². The highest BCUT2D eigenvalue weighted by Crippen LogP contribution is 2.21. The molecule has 2 rings (SSSR count). The van der Waals surface area contributed by atoms with Crippen molar-refractivity contribution in [3.05, 3.63) is 59.9 Å². The van der Waals surface area contributed by atoms with Gasteiger partial charge in [-0.05, 0) is 39.3 Å².